The van der Waals surface area contributed by atoms with Gasteiger partial charge in [-0.3, -0.25) is 0 Å². The van der Waals surface area contributed by atoms with Crippen LogP contribution >= 0.6 is 0 Å². The highest BCUT2D eigenvalue weighted by molar-refractivity contribution is 5.88. The van der Waals surface area contributed by atoms with Gasteiger partial charge in [0.25, 0.3) is 0 Å². The van der Waals surface area contributed by atoms with Crippen molar-refractivity contribution in [1.82, 2.24) is 14.8 Å². The van der Waals surface area contributed by atoms with E-state index in [9.17, 15) is 18.0 Å². The van der Waals surface area contributed by atoms with Crippen molar-refractivity contribution in [1.29, 1.82) is 0 Å². The number of rotatable bonds is 2. The van der Waals surface area contributed by atoms with Gasteiger partial charge >= 0.3 is 12.1 Å². The Morgan fingerprint density at radius 1 is 1.35 bits per heavy atom. The lowest BCUT2D eigenvalue weighted by molar-refractivity contribution is -0.142. The summed E-state index contributed by atoms with van der Waals surface area (Å²) in [5.41, 5.74) is -0.557. The second-order valence-electron chi connectivity index (χ2n) is 3.98. The molecule has 0 aliphatic carbocycles. The topological polar surface area (TPSA) is 57.0 Å². The van der Waals surface area contributed by atoms with Gasteiger partial charge in [0.15, 0.2) is 5.82 Å². The number of carbonyl (C=O) groups excluding carboxylic acids is 1. The van der Waals surface area contributed by atoms with Crippen LogP contribution in [0.1, 0.15) is 21.7 Å². The zero-order chi connectivity index (χ0) is 14.9. The molecule has 0 radical (unpaired) electrons. The number of alkyl halides is 3. The first-order chi connectivity index (χ1) is 9.32. The number of halogens is 3. The summed E-state index contributed by atoms with van der Waals surface area (Å²) in [5.74, 6) is -0.644. The highest BCUT2D eigenvalue weighted by atomic mass is 19.4. The zero-order valence-corrected chi connectivity index (χ0v) is 10.6. The molecule has 0 aliphatic heterocycles. The quantitative estimate of drug-likeness (QED) is 0.795. The molecule has 0 fully saturated rings. The molecule has 0 atom stereocenters. The van der Waals surface area contributed by atoms with E-state index < -0.39 is 17.8 Å². The molecule has 2 rings (SSSR count). The van der Waals surface area contributed by atoms with E-state index in [0.29, 0.717) is 4.68 Å². The van der Waals surface area contributed by atoms with Gasteiger partial charge in [-0.25, -0.2) is 14.5 Å². The number of carbonyl (C=O) groups is 1. The number of hydrogen-bond acceptors (Lipinski definition) is 4. The number of aryl methyl sites for hydroxylation is 1. The lowest BCUT2D eigenvalue weighted by Gasteiger charge is -2.09. The van der Waals surface area contributed by atoms with E-state index in [2.05, 4.69) is 14.8 Å². The van der Waals surface area contributed by atoms with Gasteiger partial charge in [-0.1, -0.05) is 0 Å². The van der Waals surface area contributed by atoms with Crippen molar-refractivity contribution in [3.05, 3.63) is 41.3 Å². The van der Waals surface area contributed by atoms with Crippen LogP contribution < -0.4 is 0 Å². The van der Waals surface area contributed by atoms with Crippen LogP contribution in [0.2, 0.25) is 0 Å². The van der Waals surface area contributed by atoms with Gasteiger partial charge in [-0.2, -0.15) is 18.3 Å². The molecule has 106 valence electrons. The summed E-state index contributed by atoms with van der Waals surface area (Å²) < 4.78 is 43.7. The highest BCUT2D eigenvalue weighted by Crippen LogP contribution is 2.31. The molecule has 0 aliphatic rings. The Kier molecular flexibility index (Phi) is 3.47. The van der Waals surface area contributed by atoms with Crippen molar-refractivity contribution < 1.29 is 22.7 Å². The summed E-state index contributed by atoms with van der Waals surface area (Å²) >= 11 is 0. The Hall–Kier alpha value is -2.38. The van der Waals surface area contributed by atoms with Crippen LogP contribution in [0.25, 0.3) is 5.82 Å². The highest BCUT2D eigenvalue weighted by Gasteiger charge is 2.36. The number of ether oxygens (including phenoxy) is 1. The zero-order valence-electron chi connectivity index (χ0n) is 10.6. The third kappa shape index (κ3) is 2.63. The lowest BCUT2D eigenvalue weighted by atomic mass is 10.3. The van der Waals surface area contributed by atoms with Gasteiger partial charge in [0.05, 0.1) is 18.4 Å². The second kappa shape index (κ2) is 4.95. The summed E-state index contributed by atoms with van der Waals surface area (Å²) in [4.78, 5) is 15.0. The Balaban J connectivity index is 2.45. The minimum Gasteiger partial charge on any atom is -0.465 e. The molecule has 0 bridgehead atoms. The largest absolute Gasteiger partial charge is 0.465 e. The molecule has 5 nitrogen and oxygen atoms in total. The van der Waals surface area contributed by atoms with Crippen LogP contribution in [0.15, 0.2) is 24.4 Å². The first-order valence-electron chi connectivity index (χ1n) is 5.51. The summed E-state index contributed by atoms with van der Waals surface area (Å²) in [6.45, 7) is 1.45. The molecule has 0 unspecified atom stereocenters. The summed E-state index contributed by atoms with van der Waals surface area (Å²) in [6.07, 6.45) is -3.40. The molecule has 0 amide bonds. The van der Waals surface area contributed by atoms with E-state index in [-0.39, 0.29) is 17.1 Å². The van der Waals surface area contributed by atoms with E-state index in [1.54, 1.807) is 0 Å². The minimum atomic E-state index is -4.54. The average Bonchev–Trinajstić information content (AvgIpc) is 2.80. The van der Waals surface area contributed by atoms with E-state index in [4.69, 9.17) is 0 Å². The fourth-order valence-electron chi connectivity index (χ4n) is 1.63. The number of methoxy groups -OCH3 is 1. The van der Waals surface area contributed by atoms with E-state index in [1.807, 2.05) is 0 Å². The van der Waals surface area contributed by atoms with E-state index in [0.717, 1.165) is 12.3 Å². The smallest absolute Gasteiger partial charge is 0.433 e. The fourth-order valence-corrected chi connectivity index (χ4v) is 1.63. The van der Waals surface area contributed by atoms with E-state index >= 15 is 0 Å². The monoisotopic (exact) mass is 285 g/mol. The van der Waals surface area contributed by atoms with Crippen LogP contribution in [0, 0.1) is 6.92 Å². The third-order valence-electron chi connectivity index (χ3n) is 2.51. The Labute approximate surface area is 112 Å². The third-order valence-corrected chi connectivity index (χ3v) is 2.51. The molecular formula is C12H10F3N3O2. The molecule has 0 spiro atoms. The van der Waals surface area contributed by atoms with Gasteiger partial charge in [-0.05, 0) is 25.1 Å². The van der Waals surface area contributed by atoms with Gasteiger partial charge in [0.1, 0.15) is 5.69 Å². The van der Waals surface area contributed by atoms with Crippen LogP contribution in [0.3, 0.4) is 0 Å². The van der Waals surface area contributed by atoms with Crippen LogP contribution in [-0.2, 0) is 10.9 Å². The number of esters is 1. The molecule has 2 heterocycles. The van der Waals surface area contributed by atoms with Crippen LogP contribution in [0.4, 0.5) is 13.2 Å². The maximum absolute atomic E-state index is 12.8. The number of aromatic nitrogens is 3. The van der Waals surface area contributed by atoms with Crippen LogP contribution in [0.5, 0.6) is 0 Å². The van der Waals surface area contributed by atoms with Gasteiger partial charge in [0, 0.05) is 6.20 Å². The molecule has 2 aromatic heterocycles. The van der Waals surface area contributed by atoms with Crippen molar-refractivity contribution in [2.24, 2.45) is 0 Å². The molecule has 0 saturated heterocycles. The lowest BCUT2D eigenvalue weighted by Crippen LogP contribution is -2.14. The molecule has 8 heteroatoms. The Morgan fingerprint density at radius 2 is 2.05 bits per heavy atom. The first kappa shape index (κ1) is 14.0. The minimum absolute atomic E-state index is 0.0296. The normalized spacial score (nSPS) is 11.4. The standard InChI is InChI=1S/C12H10F3N3O2/c1-7-5-9(12(13,14)15)18(17-7)10-4-3-8(6-16-10)11(19)20-2/h3-6H,1-2H3. The fraction of sp³-hybridized carbons (Fsp3) is 0.250. The van der Waals surface area contributed by atoms with Crippen molar-refractivity contribution >= 4 is 5.97 Å². The molecule has 0 N–H and O–H groups in total. The summed E-state index contributed by atoms with van der Waals surface area (Å²) in [5, 5.41) is 3.76. The molecule has 2 aromatic rings. The van der Waals surface area contributed by atoms with Crippen molar-refractivity contribution in [2.75, 3.05) is 7.11 Å². The summed E-state index contributed by atoms with van der Waals surface area (Å²) in [7, 11) is 1.20. The average molecular weight is 285 g/mol. The maximum atomic E-state index is 12.8. The molecular weight excluding hydrogens is 275 g/mol. The molecule has 0 aromatic carbocycles. The van der Waals surface area contributed by atoms with Gasteiger partial charge in [0.2, 0.25) is 0 Å². The van der Waals surface area contributed by atoms with Gasteiger partial charge < -0.3 is 4.74 Å². The maximum Gasteiger partial charge on any atom is 0.433 e. The van der Waals surface area contributed by atoms with Crippen molar-refractivity contribution in [3.8, 4) is 5.82 Å². The van der Waals surface area contributed by atoms with Crippen LogP contribution in [-0.4, -0.2) is 27.8 Å². The van der Waals surface area contributed by atoms with Crippen molar-refractivity contribution in [3.63, 3.8) is 0 Å². The predicted octanol–water partition coefficient (Wildman–Crippen LogP) is 2.38. The Morgan fingerprint density at radius 3 is 2.55 bits per heavy atom. The molecule has 20 heavy (non-hydrogen) atoms. The molecule has 0 saturated carbocycles. The van der Waals surface area contributed by atoms with Crippen molar-refractivity contribution in [2.45, 2.75) is 13.1 Å². The van der Waals surface area contributed by atoms with E-state index in [1.165, 1.54) is 26.2 Å². The number of hydrogen-bond donors (Lipinski definition) is 0. The summed E-state index contributed by atoms with van der Waals surface area (Å²) in [6, 6.07) is 3.52. The Bertz CT molecular complexity index is 632. The number of pyridine rings is 1. The second-order valence-corrected chi connectivity index (χ2v) is 3.98. The predicted molar refractivity (Wildman–Crippen MR) is 62.4 cm³/mol. The number of nitrogens with zero attached hydrogens (tertiary/aromatic N) is 3. The SMILES string of the molecule is COC(=O)c1ccc(-n2nc(C)cc2C(F)(F)F)nc1. The van der Waals surface area contributed by atoms with Gasteiger partial charge in [-0.15, -0.1) is 0 Å². The first-order valence-corrected chi connectivity index (χ1v) is 5.51.